The zero-order chi connectivity index (χ0) is 18.5. The topological polar surface area (TPSA) is 60.7 Å². The first kappa shape index (κ1) is 18.1. The number of hydrogen-bond acceptors (Lipinski definition) is 4. The Morgan fingerprint density at radius 1 is 1.00 bits per heavy atom. The summed E-state index contributed by atoms with van der Waals surface area (Å²) in [6.45, 7) is 0.287. The van der Waals surface area contributed by atoms with Crippen molar-refractivity contribution in [2.45, 2.75) is 6.54 Å². The lowest BCUT2D eigenvalue weighted by atomic mass is 10.2. The summed E-state index contributed by atoms with van der Waals surface area (Å²) in [7, 11) is 3.09. The van der Waals surface area contributed by atoms with Gasteiger partial charge in [-0.15, -0.1) is 0 Å². The Morgan fingerprint density at radius 2 is 1.65 bits per heavy atom. The van der Waals surface area contributed by atoms with Crippen molar-refractivity contribution in [3.8, 4) is 22.8 Å². The molecule has 26 heavy (non-hydrogen) atoms. The standard InChI is InChI=1S/C20H18BrNO4/c1-24-17-9-14(10-18(11-17)25-2)20(23)22-12-16-7-8-19(26-16)13-3-5-15(21)6-4-13/h3-11H,12H2,1-2H3,(H,22,23). The Morgan fingerprint density at radius 3 is 2.27 bits per heavy atom. The molecule has 3 aromatic rings. The Bertz CT molecular complexity index is 880. The second-order valence-corrected chi connectivity index (χ2v) is 6.47. The van der Waals surface area contributed by atoms with Gasteiger partial charge >= 0.3 is 0 Å². The normalized spacial score (nSPS) is 10.4. The molecule has 0 unspecified atom stereocenters. The van der Waals surface area contributed by atoms with E-state index in [2.05, 4.69) is 21.2 Å². The van der Waals surface area contributed by atoms with Crippen molar-refractivity contribution in [1.82, 2.24) is 5.32 Å². The number of benzene rings is 2. The minimum atomic E-state index is -0.233. The lowest BCUT2D eigenvalue weighted by Crippen LogP contribution is -2.22. The maximum absolute atomic E-state index is 12.4. The maximum Gasteiger partial charge on any atom is 0.251 e. The van der Waals surface area contributed by atoms with Gasteiger partial charge in [-0.1, -0.05) is 28.1 Å². The van der Waals surface area contributed by atoms with Crippen LogP contribution in [-0.2, 0) is 6.54 Å². The van der Waals surface area contributed by atoms with Crippen molar-refractivity contribution < 1.29 is 18.7 Å². The second-order valence-electron chi connectivity index (χ2n) is 5.56. The van der Waals surface area contributed by atoms with E-state index in [1.807, 2.05) is 36.4 Å². The summed E-state index contributed by atoms with van der Waals surface area (Å²) in [5, 5.41) is 2.84. The average Bonchev–Trinajstić information content (AvgIpc) is 3.15. The fraction of sp³-hybridized carbons (Fsp3) is 0.150. The van der Waals surface area contributed by atoms with Crippen molar-refractivity contribution in [2.75, 3.05) is 14.2 Å². The Balaban J connectivity index is 1.67. The van der Waals surface area contributed by atoms with Crippen LogP contribution < -0.4 is 14.8 Å². The summed E-state index contributed by atoms with van der Waals surface area (Å²) in [6, 6.07) is 16.6. The number of carbonyl (C=O) groups excluding carboxylic acids is 1. The zero-order valence-corrected chi connectivity index (χ0v) is 16.0. The monoisotopic (exact) mass is 415 g/mol. The van der Waals surface area contributed by atoms with Crippen LogP contribution in [0.1, 0.15) is 16.1 Å². The molecule has 5 nitrogen and oxygen atoms in total. The Kier molecular flexibility index (Phi) is 5.63. The quantitative estimate of drug-likeness (QED) is 0.635. The Hall–Kier alpha value is -2.73. The van der Waals surface area contributed by atoms with Gasteiger partial charge in [0.1, 0.15) is 23.0 Å². The number of carbonyl (C=O) groups is 1. The summed E-state index contributed by atoms with van der Waals surface area (Å²) in [4.78, 5) is 12.4. The molecule has 0 aliphatic carbocycles. The molecular formula is C20H18BrNO4. The molecular weight excluding hydrogens is 398 g/mol. The zero-order valence-electron chi connectivity index (χ0n) is 14.4. The second kappa shape index (κ2) is 8.10. The summed E-state index contributed by atoms with van der Waals surface area (Å²) in [5.41, 5.74) is 1.43. The van der Waals surface area contributed by atoms with E-state index in [0.29, 0.717) is 22.8 Å². The van der Waals surface area contributed by atoms with Gasteiger partial charge in [0.25, 0.3) is 5.91 Å². The largest absolute Gasteiger partial charge is 0.497 e. The molecule has 3 rings (SSSR count). The number of amides is 1. The third-order valence-electron chi connectivity index (χ3n) is 3.83. The summed E-state index contributed by atoms with van der Waals surface area (Å²) >= 11 is 3.41. The molecule has 0 fully saturated rings. The molecule has 1 N–H and O–H groups in total. The van der Waals surface area contributed by atoms with E-state index in [-0.39, 0.29) is 12.5 Å². The smallest absolute Gasteiger partial charge is 0.251 e. The fourth-order valence-corrected chi connectivity index (χ4v) is 2.71. The van der Waals surface area contributed by atoms with E-state index in [1.54, 1.807) is 32.4 Å². The van der Waals surface area contributed by atoms with E-state index in [1.165, 1.54) is 0 Å². The van der Waals surface area contributed by atoms with Crippen LogP contribution in [0.3, 0.4) is 0 Å². The molecule has 2 aromatic carbocycles. The van der Waals surface area contributed by atoms with Crippen LogP contribution in [-0.4, -0.2) is 20.1 Å². The molecule has 0 radical (unpaired) electrons. The third-order valence-corrected chi connectivity index (χ3v) is 4.36. The van der Waals surface area contributed by atoms with Crippen molar-refractivity contribution in [3.05, 3.63) is 70.4 Å². The Labute approximate surface area is 160 Å². The van der Waals surface area contributed by atoms with Crippen LogP contribution in [0.4, 0.5) is 0 Å². The van der Waals surface area contributed by atoms with E-state index < -0.39 is 0 Å². The number of furan rings is 1. The molecule has 0 aliphatic rings. The highest BCUT2D eigenvalue weighted by molar-refractivity contribution is 9.10. The molecule has 134 valence electrons. The van der Waals surface area contributed by atoms with Gasteiger partial charge in [0.2, 0.25) is 0 Å². The predicted molar refractivity (Wildman–Crippen MR) is 103 cm³/mol. The number of hydrogen-bond donors (Lipinski definition) is 1. The van der Waals surface area contributed by atoms with Gasteiger partial charge in [-0.25, -0.2) is 0 Å². The van der Waals surface area contributed by atoms with Crippen LogP contribution >= 0.6 is 15.9 Å². The number of ether oxygens (including phenoxy) is 2. The lowest BCUT2D eigenvalue weighted by molar-refractivity contribution is 0.0947. The van der Waals surface area contributed by atoms with Crippen molar-refractivity contribution >= 4 is 21.8 Å². The first-order valence-corrected chi connectivity index (χ1v) is 8.74. The summed E-state index contributed by atoms with van der Waals surface area (Å²) in [5.74, 6) is 2.31. The molecule has 6 heteroatoms. The van der Waals surface area contributed by atoms with Crippen molar-refractivity contribution in [3.63, 3.8) is 0 Å². The van der Waals surface area contributed by atoms with Crippen molar-refractivity contribution in [1.29, 1.82) is 0 Å². The minimum absolute atomic E-state index is 0.233. The van der Waals surface area contributed by atoms with Gasteiger partial charge in [-0.3, -0.25) is 4.79 Å². The third kappa shape index (κ3) is 4.26. The molecule has 1 aromatic heterocycles. The number of nitrogens with one attached hydrogen (secondary N) is 1. The summed E-state index contributed by atoms with van der Waals surface area (Å²) in [6.07, 6.45) is 0. The number of rotatable bonds is 6. The average molecular weight is 416 g/mol. The first-order valence-electron chi connectivity index (χ1n) is 7.95. The van der Waals surface area contributed by atoms with Crippen LogP contribution in [0.2, 0.25) is 0 Å². The molecule has 1 amide bonds. The van der Waals surface area contributed by atoms with Gasteiger partial charge in [-0.2, -0.15) is 0 Å². The van der Waals surface area contributed by atoms with Gasteiger partial charge in [0.15, 0.2) is 0 Å². The van der Waals surface area contributed by atoms with E-state index in [4.69, 9.17) is 13.9 Å². The van der Waals surface area contributed by atoms with Gasteiger partial charge < -0.3 is 19.2 Å². The van der Waals surface area contributed by atoms with Crippen LogP contribution in [0.5, 0.6) is 11.5 Å². The van der Waals surface area contributed by atoms with E-state index >= 15 is 0 Å². The number of halogens is 1. The molecule has 0 aliphatic heterocycles. The summed E-state index contributed by atoms with van der Waals surface area (Å²) < 4.78 is 17.2. The first-order chi connectivity index (χ1) is 12.6. The highest BCUT2D eigenvalue weighted by Crippen LogP contribution is 2.25. The van der Waals surface area contributed by atoms with Crippen LogP contribution in [0, 0.1) is 0 Å². The molecule has 0 bridgehead atoms. The minimum Gasteiger partial charge on any atom is -0.497 e. The van der Waals surface area contributed by atoms with Gasteiger partial charge in [0.05, 0.1) is 20.8 Å². The highest BCUT2D eigenvalue weighted by Gasteiger charge is 2.11. The molecule has 1 heterocycles. The van der Waals surface area contributed by atoms with Crippen molar-refractivity contribution in [2.24, 2.45) is 0 Å². The van der Waals surface area contributed by atoms with E-state index in [9.17, 15) is 4.79 Å². The fourth-order valence-electron chi connectivity index (χ4n) is 2.45. The molecule has 0 atom stereocenters. The van der Waals surface area contributed by atoms with Gasteiger partial charge in [0, 0.05) is 21.7 Å². The lowest BCUT2D eigenvalue weighted by Gasteiger charge is -2.08. The molecule has 0 saturated carbocycles. The number of methoxy groups -OCH3 is 2. The van der Waals surface area contributed by atoms with Gasteiger partial charge in [-0.05, 0) is 36.4 Å². The highest BCUT2D eigenvalue weighted by atomic mass is 79.9. The molecule has 0 saturated heterocycles. The molecule has 0 spiro atoms. The predicted octanol–water partition coefficient (Wildman–Crippen LogP) is 4.66. The van der Waals surface area contributed by atoms with E-state index in [0.717, 1.165) is 15.8 Å². The van der Waals surface area contributed by atoms with Crippen LogP contribution in [0.15, 0.2) is 63.5 Å². The van der Waals surface area contributed by atoms with Crippen LogP contribution in [0.25, 0.3) is 11.3 Å². The maximum atomic E-state index is 12.4. The SMILES string of the molecule is COc1cc(OC)cc(C(=O)NCc2ccc(-c3ccc(Br)cc3)o2)c1.